The van der Waals surface area contributed by atoms with E-state index in [1.807, 2.05) is 0 Å². The number of nitrogens with zero attached hydrogens (tertiary/aromatic N) is 2. The van der Waals surface area contributed by atoms with Crippen molar-refractivity contribution in [3.8, 4) is 0 Å². The Balaban J connectivity index is 2.09. The minimum absolute atomic E-state index is 0.0488. The number of rotatable bonds is 4. The number of pyridine rings is 1. The predicted molar refractivity (Wildman–Crippen MR) is 59.4 cm³/mol. The first-order valence-electron chi connectivity index (χ1n) is 4.79. The average molecular weight is 234 g/mol. The molecule has 4 N–H and O–H groups in total. The minimum atomic E-state index is -1.06. The number of nitrogens with two attached hydrogens (primary N) is 1. The highest BCUT2D eigenvalue weighted by Gasteiger charge is 2.07. The van der Waals surface area contributed by atoms with Crippen LogP contribution >= 0.6 is 0 Å². The molecule has 17 heavy (non-hydrogen) atoms. The van der Waals surface area contributed by atoms with Crippen LogP contribution in [0, 0.1) is 0 Å². The molecule has 2 rings (SSSR count). The summed E-state index contributed by atoms with van der Waals surface area (Å²) in [6.45, 7) is 0.379. The van der Waals surface area contributed by atoms with Crippen molar-refractivity contribution in [2.24, 2.45) is 0 Å². The number of carbonyl (C=O) groups is 1. The van der Waals surface area contributed by atoms with E-state index < -0.39 is 5.97 Å². The largest absolute Gasteiger partial charge is 0.478 e. The summed E-state index contributed by atoms with van der Waals surface area (Å²) in [6.07, 6.45) is 2.77. The van der Waals surface area contributed by atoms with E-state index in [2.05, 4.69) is 15.5 Å². The van der Waals surface area contributed by atoms with Crippen molar-refractivity contribution in [2.45, 2.75) is 6.54 Å². The van der Waals surface area contributed by atoms with Crippen molar-refractivity contribution in [3.05, 3.63) is 35.9 Å². The van der Waals surface area contributed by atoms with Gasteiger partial charge in [0.1, 0.15) is 5.82 Å². The van der Waals surface area contributed by atoms with Crippen molar-refractivity contribution in [1.29, 1.82) is 0 Å². The van der Waals surface area contributed by atoms with Gasteiger partial charge in [0, 0.05) is 12.3 Å². The molecule has 7 nitrogen and oxygen atoms in total. The number of carboxylic acids is 1. The summed E-state index contributed by atoms with van der Waals surface area (Å²) in [5.74, 6) is -0.0223. The molecule has 0 aliphatic heterocycles. The lowest BCUT2D eigenvalue weighted by molar-refractivity contribution is 0.0696. The molecule has 0 saturated heterocycles. The van der Waals surface area contributed by atoms with Gasteiger partial charge in [-0.25, -0.2) is 9.78 Å². The second-order valence-electron chi connectivity index (χ2n) is 3.30. The molecule has 0 amide bonds. The van der Waals surface area contributed by atoms with Gasteiger partial charge in [-0.2, -0.15) is 0 Å². The van der Waals surface area contributed by atoms with Gasteiger partial charge >= 0.3 is 5.97 Å². The Labute approximate surface area is 96.2 Å². The van der Waals surface area contributed by atoms with Gasteiger partial charge in [0.05, 0.1) is 24.0 Å². The molecule has 0 aliphatic carbocycles. The smallest absolute Gasteiger partial charge is 0.337 e. The summed E-state index contributed by atoms with van der Waals surface area (Å²) in [7, 11) is 0. The van der Waals surface area contributed by atoms with Gasteiger partial charge in [0.15, 0.2) is 5.76 Å². The molecule has 2 heterocycles. The predicted octanol–water partition coefficient (Wildman–Crippen LogP) is 0.962. The Bertz CT molecular complexity index is 524. The van der Waals surface area contributed by atoms with E-state index in [1.54, 1.807) is 6.07 Å². The highest BCUT2D eigenvalue weighted by atomic mass is 16.5. The second-order valence-corrected chi connectivity index (χ2v) is 3.30. The lowest BCUT2D eigenvalue weighted by Gasteiger charge is -2.06. The van der Waals surface area contributed by atoms with Crippen LogP contribution in [0.2, 0.25) is 0 Å². The Morgan fingerprint density at radius 1 is 1.59 bits per heavy atom. The van der Waals surface area contributed by atoms with Gasteiger partial charge in [-0.15, -0.1) is 0 Å². The molecule has 0 atom stereocenters. The summed E-state index contributed by atoms with van der Waals surface area (Å²) in [4.78, 5) is 14.6. The first-order valence-corrected chi connectivity index (χ1v) is 4.79. The van der Waals surface area contributed by atoms with E-state index in [1.165, 1.54) is 18.5 Å². The molecule has 88 valence electrons. The average Bonchev–Trinajstić information content (AvgIpc) is 2.80. The quantitative estimate of drug-likeness (QED) is 0.721. The van der Waals surface area contributed by atoms with Crippen LogP contribution in [0.3, 0.4) is 0 Å². The van der Waals surface area contributed by atoms with Crippen LogP contribution in [0.1, 0.15) is 16.1 Å². The highest BCUT2D eigenvalue weighted by Crippen LogP contribution is 2.17. The van der Waals surface area contributed by atoms with Crippen molar-refractivity contribution in [1.82, 2.24) is 10.1 Å². The van der Waals surface area contributed by atoms with Gasteiger partial charge in [-0.3, -0.25) is 0 Å². The van der Waals surface area contributed by atoms with Gasteiger partial charge in [-0.05, 0) is 6.07 Å². The third kappa shape index (κ3) is 2.51. The van der Waals surface area contributed by atoms with Crippen LogP contribution in [0.5, 0.6) is 0 Å². The molecule has 0 bridgehead atoms. The lowest BCUT2D eigenvalue weighted by Crippen LogP contribution is -2.06. The summed E-state index contributed by atoms with van der Waals surface area (Å²) in [5, 5.41) is 15.2. The molecule has 0 spiro atoms. The Morgan fingerprint density at radius 2 is 2.41 bits per heavy atom. The Morgan fingerprint density at radius 3 is 3.00 bits per heavy atom. The molecule has 2 aromatic rings. The van der Waals surface area contributed by atoms with Crippen molar-refractivity contribution in [2.75, 3.05) is 11.1 Å². The normalized spacial score (nSPS) is 10.1. The van der Waals surface area contributed by atoms with E-state index in [9.17, 15) is 4.79 Å². The number of aromatic carboxylic acids is 1. The van der Waals surface area contributed by atoms with E-state index in [0.717, 1.165) is 0 Å². The van der Waals surface area contributed by atoms with Gasteiger partial charge in [0.25, 0.3) is 0 Å². The van der Waals surface area contributed by atoms with Crippen molar-refractivity contribution >= 4 is 17.5 Å². The standard InChI is InChI=1S/C10H10N4O3/c11-8-3-6(10(15)16)4-12-9(8)13-5-7-1-2-14-17-7/h1-4H,5,11H2,(H,12,13)(H,15,16). The number of hydrogen-bond acceptors (Lipinski definition) is 6. The van der Waals surface area contributed by atoms with E-state index in [0.29, 0.717) is 18.1 Å². The maximum absolute atomic E-state index is 10.7. The number of nitrogen functional groups attached to an aromatic ring is 1. The van der Waals surface area contributed by atoms with Crippen LogP contribution in [0.4, 0.5) is 11.5 Å². The van der Waals surface area contributed by atoms with Crippen LogP contribution in [0.15, 0.2) is 29.0 Å². The molecule has 0 aromatic carbocycles. The van der Waals surface area contributed by atoms with Gasteiger partial charge in [0.2, 0.25) is 0 Å². The molecule has 2 aromatic heterocycles. The molecule has 0 aliphatic rings. The van der Waals surface area contributed by atoms with E-state index in [-0.39, 0.29) is 11.3 Å². The third-order valence-corrected chi connectivity index (χ3v) is 2.09. The van der Waals surface area contributed by atoms with E-state index >= 15 is 0 Å². The topological polar surface area (TPSA) is 114 Å². The molecular weight excluding hydrogens is 224 g/mol. The summed E-state index contributed by atoms with van der Waals surface area (Å²) >= 11 is 0. The van der Waals surface area contributed by atoms with Gasteiger partial charge < -0.3 is 20.7 Å². The highest BCUT2D eigenvalue weighted by molar-refractivity contribution is 5.89. The molecule has 0 saturated carbocycles. The molecule has 7 heteroatoms. The lowest BCUT2D eigenvalue weighted by atomic mass is 10.2. The fourth-order valence-corrected chi connectivity index (χ4v) is 1.25. The third-order valence-electron chi connectivity index (χ3n) is 2.09. The number of carboxylic acid groups (broad SMARTS) is 1. The maximum Gasteiger partial charge on any atom is 0.337 e. The van der Waals surface area contributed by atoms with Crippen molar-refractivity contribution < 1.29 is 14.4 Å². The first kappa shape index (κ1) is 10.9. The zero-order chi connectivity index (χ0) is 12.3. The van der Waals surface area contributed by atoms with Crippen LogP contribution < -0.4 is 11.1 Å². The summed E-state index contributed by atoms with van der Waals surface area (Å²) < 4.78 is 4.88. The maximum atomic E-state index is 10.7. The second kappa shape index (κ2) is 4.52. The Kier molecular flexibility index (Phi) is 2.91. The summed E-state index contributed by atoms with van der Waals surface area (Å²) in [6, 6.07) is 3.05. The number of aromatic nitrogens is 2. The number of anilines is 2. The monoisotopic (exact) mass is 234 g/mol. The van der Waals surface area contributed by atoms with E-state index in [4.69, 9.17) is 15.4 Å². The fraction of sp³-hybridized carbons (Fsp3) is 0.100. The molecule has 0 unspecified atom stereocenters. The van der Waals surface area contributed by atoms with Crippen LogP contribution in [-0.2, 0) is 6.54 Å². The molecule has 0 radical (unpaired) electrons. The van der Waals surface area contributed by atoms with Crippen molar-refractivity contribution in [3.63, 3.8) is 0 Å². The van der Waals surface area contributed by atoms with Crippen LogP contribution in [-0.4, -0.2) is 21.2 Å². The Hall–Kier alpha value is -2.57. The minimum Gasteiger partial charge on any atom is -0.478 e. The zero-order valence-electron chi connectivity index (χ0n) is 8.75. The molecular formula is C10H10N4O3. The number of hydrogen-bond donors (Lipinski definition) is 3. The van der Waals surface area contributed by atoms with Gasteiger partial charge in [-0.1, -0.05) is 5.16 Å². The fourth-order valence-electron chi connectivity index (χ4n) is 1.25. The zero-order valence-corrected chi connectivity index (χ0v) is 8.75. The number of nitrogens with one attached hydrogen (secondary N) is 1. The molecule has 0 fully saturated rings. The first-order chi connectivity index (χ1) is 8.16. The summed E-state index contributed by atoms with van der Waals surface area (Å²) in [5.41, 5.74) is 5.98. The SMILES string of the molecule is Nc1cc(C(=O)O)cnc1NCc1ccno1. The van der Waals surface area contributed by atoms with Crippen LogP contribution in [0.25, 0.3) is 0 Å².